The number of aromatic nitrogens is 3. The highest BCUT2D eigenvalue weighted by molar-refractivity contribution is 5.87. The van der Waals surface area contributed by atoms with Gasteiger partial charge in [0.25, 0.3) is 5.91 Å². The Hall–Kier alpha value is -2.95. The van der Waals surface area contributed by atoms with E-state index in [9.17, 15) is 4.79 Å². The van der Waals surface area contributed by atoms with Gasteiger partial charge in [0.2, 0.25) is 5.95 Å². The van der Waals surface area contributed by atoms with Crippen LogP contribution in [0.4, 0.5) is 5.95 Å². The number of rotatable bonds is 4. The first kappa shape index (κ1) is 15.0. The number of hydrogen-bond donors (Lipinski definition) is 1. The van der Waals surface area contributed by atoms with Gasteiger partial charge >= 0.3 is 0 Å². The van der Waals surface area contributed by atoms with Crippen LogP contribution in [0.15, 0.2) is 60.7 Å². The smallest absolute Gasteiger partial charge is 0.257 e. The van der Waals surface area contributed by atoms with Crippen LogP contribution in [-0.2, 0) is 0 Å². The SMILES string of the molecule is CCC(C(=O)n1nc(-c2ccccc2)nc1N)c1ccccc1. The van der Waals surface area contributed by atoms with E-state index in [2.05, 4.69) is 10.1 Å². The topological polar surface area (TPSA) is 73.8 Å². The molecule has 1 heterocycles. The van der Waals surface area contributed by atoms with Crippen LogP contribution in [0.25, 0.3) is 11.4 Å². The molecule has 5 heteroatoms. The summed E-state index contributed by atoms with van der Waals surface area (Å²) in [6.07, 6.45) is 0.669. The second-order valence-electron chi connectivity index (χ2n) is 5.28. The molecule has 0 aliphatic carbocycles. The first-order chi connectivity index (χ1) is 11.2. The van der Waals surface area contributed by atoms with Crippen molar-refractivity contribution in [2.24, 2.45) is 0 Å². The second kappa shape index (κ2) is 6.44. The zero-order valence-electron chi connectivity index (χ0n) is 12.9. The van der Waals surface area contributed by atoms with Gasteiger partial charge in [0, 0.05) is 5.56 Å². The highest BCUT2D eigenvalue weighted by Crippen LogP contribution is 2.23. The van der Waals surface area contributed by atoms with Crippen LogP contribution in [-0.4, -0.2) is 20.7 Å². The fraction of sp³-hybridized carbons (Fsp3) is 0.167. The lowest BCUT2D eigenvalue weighted by molar-refractivity contribution is 0.0862. The number of hydrogen-bond acceptors (Lipinski definition) is 4. The first-order valence-corrected chi connectivity index (χ1v) is 7.57. The molecule has 116 valence electrons. The van der Waals surface area contributed by atoms with E-state index in [1.54, 1.807) is 0 Å². The summed E-state index contributed by atoms with van der Waals surface area (Å²) in [7, 11) is 0. The van der Waals surface area contributed by atoms with Gasteiger partial charge in [-0.3, -0.25) is 4.79 Å². The largest absolute Gasteiger partial charge is 0.368 e. The van der Waals surface area contributed by atoms with Gasteiger partial charge < -0.3 is 5.73 Å². The molecule has 2 aromatic carbocycles. The van der Waals surface area contributed by atoms with Gasteiger partial charge in [-0.05, 0) is 12.0 Å². The Balaban J connectivity index is 1.95. The molecular formula is C18H18N4O. The van der Waals surface area contributed by atoms with E-state index < -0.39 is 0 Å². The number of carbonyl (C=O) groups is 1. The summed E-state index contributed by atoms with van der Waals surface area (Å²) < 4.78 is 1.21. The van der Waals surface area contributed by atoms with Crippen molar-refractivity contribution >= 4 is 11.9 Å². The van der Waals surface area contributed by atoms with E-state index in [0.717, 1.165) is 11.1 Å². The summed E-state index contributed by atoms with van der Waals surface area (Å²) >= 11 is 0. The molecule has 3 aromatic rings. The lowest BCUT2D eigenvalue weighted by Crippen LogP contribution is -2.22. The van der Waals surface area contributed by atoms with Crippen LogP contribution in [0.5, 0.6) is 0 Å². The van der Waals surface area contributed by atoms with Gasteiger partial charge in [0.05, 0.1) is 5.92 Å². The maximum absolute atomic E-state index is 12.8. The maximum atomic E-state index is 12.8. The number of nitrogens with zero attached hydrogens (tertiary/aromatic N) is 3. The predicted octanol–water partition coefficient (Wildman–Crippen LogP) is 3.36. The van der Waals surface area contributed by atoms with Gasteiger partial charge in [-0.25, -0.2) is 0 Å². The normalized spacial score (nSPS) is 12.0. The van der Waals surface area contributed by atoms with Crippen molar-refractivity contribution < 1.29 is 4.79 Å². The summed E-state index contributed by atoms with van der Waals surface area (Å²) in [6, 6.07) is 19.1. The minimum atomic E-state index is -0.288. The lowest BCUT2D eigenvalue weighted by Gasteiger charge is -2.13. The average molecular weight is 306 g/mol. The highest BCUT2D eigenvalue weighted by atomic mass is 16.2. The van der Waals surface area contributed by atoms with Crippen LogP contribution in [0, 0.1) is 0 Å². The minimum absolute atomic E-state index is 0.114. The van der Waals surface area contributed by atoms with Gasteiger partial charge in [0.1, 0.15) is 0 Å². The molecule has 0 radical (unpaired) electrons. The van der Waals surface area contributed by atoms with Crippen molar-refractivity contribution in [3.05, 3.63) is 66.2 Å². The van der Waals surface area contributed by atoms with E-state index in [1.807, 2.05) is 67.6 Å². The molecular weight excluding hydrogens is 288 g/mol. The third kappa shape index (κ3) is 2.99. The predicted molar refractivity (Wildman–Crippen MR) is 90.0 cm³/mol. The number of carbonyl (C=O) groups excluding carboxylic acids is 1. The van der Waals surface area contributed by atoms with Crippen LogP contribution in [0.2, 0.25) is 0 Å². The van der Waals surface area contributed by atoms with Gasteiger partial charge in [0.15, 0.2) is 5.82 Å². The number of anilines is 1. The van der Waals surface area contributed by atoms with Crippen molar-refractivity contribution in [2.75, 3.05) is 5.73 Å². The number of nitrogens with two attached hydrogens (primary N) is 1. The summed E-state index contributed by atoms with van der Waals surface area (Å²) in [5.41, 5.74) is 7.71. The molecule has 1 atom stereocenters. The molecule has 1 unspecified atom stereocenters. The highest BCUT2D eigenvalue weighted by Gasteiger charge is 2.24. The molecule has 0 bridgehead atoms. The van der Waals surface area contributed by atoms with Crippen LogP contribution >= 0.6 is 0 Å². The Morgan fingerprint density at radius 2 is 1.70 bits per heavy atom. The molecule has 5 nitrogen and oxygen atoms in total. The Morgan fingerprint density at radius 3 is 2.30 bits per heavy atom. The Kier molecular flexibility index (Phi) is 4.19. The lowest BCUT2D eigenvalue weighted by atomic mass is 9.96. The van der Waals surface area contributed by atoms with Crippen molar-refractivity contribution in [1.82, 2.24) is 14.8 Å². The van der Waals surface area contributed by atoms with Gasteiger partial charge in [-0.2, -0.15) is 9.67 Å². The maximum Gasteiger partial charge on any atom is 0.257 e. The second-order valence-corrected chi connectivity index (χ2v) is 5.28. The molecule has 2 N–H and O–H groups in total. The standard InChI is InChI=1S/C18H18N4O/c1-2-15(13-9-5-3-6-10-13)17(23)22-18(19)20-16(21-22)14-11-7-4-8-12-14/h3-12,15H,2H2,1H3,(H2,19,20,21). The molecule has 0 aliphatic rings. The molecule has 0 saturated carbocycles. The number of benzene rings is 2. The van der Waals surface area contributed by atoms with E-state index in [0.29, 0.717) is 12.2 Å². The average Bonchev–Trinajstić information content (AvgIpc) is 2.99. The van der Waals surface area contributed by atoms with Crippen molar-refractivity contribution in [1.29, 1.82) is 0 Å². The third-order valence-electron chi connectivity index (χ3n) is 3.78. The molecule has 0 aliphatic heterocycles. The quantitative estimate of drug-likeness (QED) is 0.802. The summed E-state index contributed by atoms with van der Waals surface area (Å²) in [6.45, 7) is 1.97. The molecule has 1 aromatic heterocycles. The zero-order valence-corrected chi connectivity index (χ0v) is 12.9. The van der Waals surface area contributed by atoms with Crippen molar-refractivity contribution in [3.8, 4) is 11.4 Å². The summed E-state index contributed by atoms with van der Waals surface area (Å²) in [5, 5.41) is 4.31. The molecule has 3 rings (SSSR count). The minimum Gasteiger partial charge on any atom is -0.368 e. The van der Waals surface area contributed by atoms with Crippen molar-refractivity contribution in [3.63, 3.8) is 0 Å². The zero-order chi connectivity index (χ0) is 16.2. The molecule has 0 saturated heterocycles. The third-order valence-corrected chi connectivity index (χ3v) is 3.78. The Morgan fingerprint density at radius 1 is 1.09 bits per heavy atom. The summed E-state index contributed by atoms with van der Waals surface area (Å²) in [4.78, 5) is 17.0. The van der Waals surface area contributed by atoms with Crippen LogP contribution in [0.3, 0.4) is 0 Å². The van der Waals surface area contributed by atoms with Gasteiger partial charge in [-0.15, -0.1) is 5.10 Å². The van der Waals surface area contributed by atoms with E-state index in [4.69, 9.17) is 5.73 Å². The summed E-state index contributed by atoms with van der Waals surface area (Å²) in [5.74, 6) is 0.123. The van der Waals surface area contributed by atoms with Crippen molar-refractivity contribution in [2.45, 2.75) is 19.3 Å². The number of nitrogen functional groups attached to an aromatic ring is 1. The molecule has 23 heavy (non-hydrogen) atoms. The van der Waals surface area contributed by atoms with E-state index in [-0.39, 0.29) is 17.8 Å². The fourth-order valence-electron chi connectivity index (χ4n) is 2.58. The van der Waals surface area contributed by atoms with E-state index in [1.165, 1.54) is 4.68 Å². The Bertz CT molecular complexity index is 796. The first-order valence-electron chi connectivity index (χ1n) is 7.57. The molecule has 0 spiro atoms. The Labute approximate surface area is 134 Å². The van der Waals surface area contributed by atoms with Gasteiger partial charge in [-0.1, -0.05) is 67.6 Å². The van der Waals surface area contributed by atoms with E-state index >= 15 is 0 Å². The molecule has 0 amide bonds. The van der Waals surface area contributed by atoms with Crippen LogP contribution < -0.4 is 5.73 Å². The fourth-order valence-corrected chi connectivity index (χ4v) is 2.58. The molecule has 0 fully saturated rings. The van der Waals surface area contributed by atoms with Crippen LogP contribution in [0.1, 0.15) is 29.6 Å². The monoisotopic (exact) mass is 306 g/mol.